The number of thiazole rings is 1. The minimum atomic E-state index is -0.332. The molecule has 2 aromatic carbocycles. The van der Waals surface area contributed by atoms with Gasteiger partial charge in [-0.3, -0.25) is 14.2 Å². The third-order valence-electron chi connectivity index (χ3n) is 6.12. The van der Waals surface area contributed by atoms with Crippen molar-refractivity contribution in [2.75, 3.05) is 11.4 Å². The zero-order chi connectivity index (χ0) is 22.9. The Morgan fingerprint density at radius 1 is 1.09 bits per heavy atom. The molecule has 1 aliphatic heterocycles. The van der Waals surface area contributed by atoms with Gasteiger partial charge in [0.25, 0.3) is 5.56 Å². The van der Waals surface area contributed by atoms with Gasteiger partial charge in [-0.05, 0) is 18.4 Å². The SMILES string of the molecule is Cn1c(-c2ccccc2)nc2sc(N3C[C@H](N)C[C@@H]3C(=O)CCc3ccccc3)nc2c1=O. The minimum absolute atomic E-state index is 0.113. The van der Waals surface area contributed by atoms with Crippen LogP contribution in [0.5, 0.6) is 0 Å². The first kappa shape index (κ1) is 21.5. The van der Waals surface area contributed by atoms with Crippen LogP contribution < -0.4 is 16.2 Å². The number of rotatable bonds is 6. The molecule has 0 aliphatic carbocycles. The van der Waals surface area contributed by atoms with E-state index in [0.717, 1.165) is 11.1 Å². The molecule has 2 N–H and O–H groups in total. The number of hydrogen-bond donors (Lipinski definition) is 1. The normalized spacial score (nSPS) is 18.2. The van der Waals surface area contributed by atoms with Gasteiger partial charge in [0.15, 0.2) is 21.3 Å². The topological polar surface area (TPSA) is 94.1 Å². The van der Waals surface area contributed by atoms with Gasteiger partial charge in [0, 0.05) is 31.6 Å². The predicted octanol–water partition coefficient (Wildman–Crippen LogP) is 3.16. The van der Waals surface area contributed by atoms with Gasteiger partial charge >= 0.3 is 0 Å². The Labute approximate surface area is 195 Å². The summed E-state index contributed by atoms with van der Waals surface area (Å²) in [5.74, 6) is 0.744. The lowest BCUT2D eigenvalue weighted by atomic mass is 10.0. The van der Waals surface area contributed by atoms with Gasteiger partial charge in [-0.25, -0.2) is 9.97 Å². The van der Waals surface area contributed by atoms with Gasteiger partial charge in [-0.15, -0.1) is 0 Å². The average molecular weight is 460 g/mol. The molecule has 168 valence electrons. The summed E-state index contributed by atoms with van der Waals surface area (Å²) in [5, 5.41) is 0.630. The van der Waals surface area contributed by atoms with Crippen LogP contribution in [0.3, 0.4) is 0 Å². The Balaban J connectivity index is 1.45. The van der Waals surface area contributed by atoms with Crippen LogP contribution in [-0.2, 0) is 18.3 Å². The monoisotopic (exact) mass is 459 g/mol. The molecule has 0 unspecified atom stereocenters. The number of nitrogens with two attached hydrogens (primary N) is 1. The summed E-state index contributed by atoms with van der Waals surface area (Å²) >= 11 is 1.35. The second-order valence-corrected chi connectivity index (χ2v) is 9.39. The predicted molar refractivity (Wildman–Crippen MR) is 132 cm³/mol. The highest BCUT2D eigenvalue weighted by Gasteiger charge is 2.36. The number of nitrogens with zero attached hydrogens (tertiary/aromatic N) is 4. The van der Waals surface area contributed by atoms with Crippen LogP contribution in [0.1, 0.15) is 18.4 Å². The lowest BCUT2D eigenvalue weighted by Crippen LogP contribution is -2.36. The van der Waals surface area contributed by atoms with E-state index in [9.17, 15) is 9.59 Å². The number of hydrogen-bond acceptors (Lipinski definition) is 7. The summed E-state index contributed by atoms with van der Waals surface area (Å²) in [5.41, 5.74) is 8.38. The molecule has 7 nitrogen and oxygen atoms in total. The minimum Gasteiger partial charge on any atom is -0.336 e. The van der Waals surface area contributed by atoms with Gasteiger partial charge in [-0.2, -0.15) is 0 Å². The van der Waals surface area contributed by atoms with E-state index in [1.54, 1.807) is 7.05 Å². The standard InChI is InChI=1S/C25H25N5O2S/c1-29-22(17-10-6-3-7-11-17)28-23-21(24(29)32)27-25(33-23)30-15-18(26)14-19(30)20(31)13-12-16-8-4-2-5-9-16/h2-11,18-19H,12-15,26H2,1H3/t18-,19-/m1/s1. The second-order valence-electron chi connectivity index (χ2n) is 8.43. The molecule has 0 saturated carbocycles. The molecule has 3 heterocycles. The number of Topliss-reactive ketones (excluding diaryl/α,β-unsaturated/α-hetero) is 1. The van der Waals surface area contributed by atoms with Crippen LogP contribution in [0.2, 0.25) is 0 Å². The molecular formula is C25H25N5O2S. The van der Waals surface area contributed by atoms with Crippen molar-refractivity contribution in [2.45, 2.75) is 31.3 Å². The van der Waals surface area contributed by atoms with Crippen molar-refractivity contribution in [2.24, 2.45) is 12.8 Å². The first-order valence-corrected chi connectivity index (χ1v) is 11.8. The zero-order valence-corrected chi connectivity index (χ0v) is 19.2. The average Bonchev–Trinajstić information content (AvgIpc) is 3.44. The van der Waals surface area contributed by atoms with Crippen molar-refractivity contribution in [3.05, 3.63) is 76.6 Å². The van der Waals surface area contributed by atoms with Crippen molar-refractivity contribution in [1.82, 2.24) is 14.5 Å². The fourth-order valence-electron chi connectivity index (χ4n) is 4.37. The number of ketones is 1. The summed E-state index contributed by atoms with van der Waals surface area (Å²) in [7, 11) is 1.71. The molecule has 2 aromatic heterocycles. The van der Waals surface area contributed by atoms with Crippen molar-refractivity contribution in [1.29, 1.82) is 0 Å². The van der Waals surface area contributed by atoms with Gasteiger partial charge in [-0.1, -0.05) is 72.0 Å². The maximum atomic E-state index is 13.1. The largest absolute Gasteiger partial charge is 0.336 e. The smallest absolute Gasteiger partial charge is 0.281 e. The van der Waals surface area contributed by atoms with E-state index >= 15 is 0 Å². The van der Waals surface area contributed by atoms with Crippen LogP contribution in [0.4, 0.5) is 5.13 Å². The number of anilines is 1. The lowest BCUT2D eigenvalue weighted by molar-refractivity contribution is -0.120. The lowest BCUT2D eigenvalue weighted by Gasteiger charge is -2.22. The Morgan fingerprint density at radius 2 is 1.79 bits per heavy atom. The Hall–Kier alpha value is -3.36. The van der Waals surface area contributed by atoms with Crippen molar-refractivity contribution >= 4 is 32.6 Å². The van der Waals surface area contributed by atoms with E-state index in [0.29, 0.717) is 47.1 Å². The fraction of sp³-hybridized carbons (Fsp3) is 0.280. The fourth-order valence-corrected chi connectivity index (χ4v) is 5.37. The Bertz CT molecular complexity index is 1350. The van der Waals surface area contributed by atoms with Crippen LogP contribution in [0.15, 0.2) is 65.5 Å². The molecule has 1 saturated heterocycles. The van der Waals surface area contributed by atoms with Gasteiger partial charge in [0.05, 0.1) is 6.04 Å². The summed E-state index contributed by atoms with van der Waals surface area (Å²) in [6.07, 6.45) is 1.73. The van der Waals surface area contributed by atoms with Gasteiger partial charge in [0.1, 0.15) is 5.82 Å². The molecule has 0 amide bonds. The zero-order valence-electron chi connectivity index (χ0n) is 18.3. The maximum Gasteiger partial charge on any atom is 0.281 e. The number of fused-ring (bicyclic) bond motifs is 1. The van der Waals surface area contributed by atoms with Crippen LogP contribution >= 0.6 is 11.3 Å². The van der Waals surface area contributed by atoms with Crippen molar-refractivity contribution in [3.63, 3.8) is 0 Å². The van der Waals surface area contributed by atoms with E-state index in [2.05, 4.69) is 4.98 Å². The Kier molecular flexibility index (Phi) is 5.78. The summed E-state index contributed by atoms with van der Waals surface area (Å²) in [6, 6.07) is 19.2. The van der Waals surface area contributed by atoms with Gasteiger partial charge in [0.2, 0.25) is 0 Å². The molecule has 5 rings (SSSR count). The van der Waals surface area contributed by atoms with Crippen molar-refractivity contribution in [3.8, 4) is 11.4 Å². The summed E-state index contributed by atoms with van der Waals surface area (Å²) in [4.78, 5) is 38.1. The Morgan fingerprint density at radius 3 is 2.52 bits per heavy atom. The highest BCUT2D eigenvalue weighted by Crippen LogP contribution is 2.33. The quantitative estimate of drug-likeness (QED) is 0.476. The molecule has 33 heavy (non-hydrogen) atoms. The van der Waals surface area contributed by atoms with E-state index in [1.165, 1.54) is 15.9 Å². The highest BCUT2D eigenvalue weighted by molar-refractivity contribution is 7.21. The molecule has 8 heteroatoms. The van der Waals surface area contributed by atoms with Gasteiger partial charge < -0.3 is 10.6 Å². The molecule has 0 spiro atoms. The maximum absolute atomic E-state index is 13.1. The van der Waals surface area contributed by atoms with E-state index < -0.39 is 0 Å². The second kappa shape index (κ2) is 8.88. The first-order valence-electron chi connectivity index (χ1n) is 11.0. The number of aromatic nitrogens is 3. The molecule has 2 atom stereocenters. The number of benzene rings is 2. The first-order chi connectivity index (χ1) is 16.0. The third kappa shape index (κ3) is 4.19. The van der Waals surface area contributed by atoms with Crippen LogP contribution in [0, 0.1) is 0 Å². The third-order valence-corrected chi connectivity index (χ3v) is 7.10. The summed E-state index contributed by atoms with van der Waals surface area (Å²) in [6.45, 7) is 0.535. The molecule has 1 fully saturated rings. The highest BCUT2D eigenvalue weighted by atomic mass is 32.1. The molecule has 4 aromatic rings. The molecule has 0 bridgehead atoms. The number of aryl methyl sites for hydroxylation is 1. The number of carbonyl (C=O) groups is 1. The van der Waals surface area contributed by atoms with E-state index in [-0.39, 0.29) is 23.4 Å². The number of carbonyl (C=O) groups excluding carboxylic acids is 1. The molecule has 0 radical (unpaired) electrons. The van der Waals surface area contributed by atoms with E-state index in [4.69, 9.17) is 10.7 Å². The van der Waals surface area contributed by atoms with Crippen LogP contribution in [-0.4, -0.2) is 38.9 Å². The van der Waals surface area contributed by atoms with Crippen molar-refractivity contribution < 1.29 is 4.79 Å². The molecule has 1 aliphatic rings. The van der Waals surface area contributed by atoms with Crippen LogP contribution in [0.25, 0.3) is 21.7 Å². The molecular weight excluding hydrogens is 434 g/mol. The summed E-state index contributed by atoms with van der Waals surface area (Å²) < 4.78 is 1.53. The van der Waals surface area contributed by atoms with E-state index in [1.807, 2.05) is 65.6 Å².